The van der Waals surface area contributed by atoms with Crippen LogP contribution in [0.25, 0.3) is 0 Å². The van der Waals surface area contributed by atoms with Gasteiger partial charge in [-0.15, -0.1) is 0 Å². The normalized spacial score (nSPS) is 9.90. The molecule has 0 spiro atoms. The molecule has 1 aromatic rings. The minimum absolute atomic E-state index is 0.841. The van der Waals surface area contributed by atoms with Gasteiger partial charge in [0.25, 0.3) is 0 Å². The number of hydrogen-bond donors (Lipinski definition) is 2. The molecule has 0 aliphatic heterocycles. The predicted octanol–water partition coefficient (Wildman–Crippen LogP) is 0.497. The van der Waals surface area contributed by atoms with Gasteiger partial charge in [0.2, 0.25) is 0 Å². The summed E-state index contributed by atoms with van der Waals surface area (Å²) < 4.78 is 1.81. The zero-order valence-electron chi connectivity index (χ0n) is 6.26. The first-order valence-electron chi connectivity index (χ1n) is 3.29. The van der Waals surface area contributed by atoms with E-state index in [9.17, 15) is 0 Å². The van der Waals surface area contributed by atoms with Gasteiger partial charge in [-0.3, -0.25) is 0 Å². The average molecular weight is 140 g/mol. The van der Waals surface area contributed by atoms with Gasteiger partial charge in [0, 0.05) is 12.6 Å². The van der Waals surface area contributed by atoms with Crippen molar-refractivity contribution in [3.8, 4) is 0 Å². The van der Waals surface area contributed by atoms with Crippen LogP contribution in [0.5, 0.6) is 0 Å². The van der Waals surface area contributed by atoms with Crippen molar-refractivity contribution in [1.29, 1.82) is 0 Å². The van der Waals surface area contributed by atoms with Crippen molar-refractivity contribution in [1.82, 2.24) is 9.78 Å². The molecule has 4 heteroatoms. The van der Waals surface area contributed by atoms with Gasteiger partial charge in [-0.25, -0.2) is 10.5 Å². The maximum atomic E-state index is 5.23. The lowest BCUT2D eigenvalue weighted by Gasteiger charge is -2.00. The Morgan fingerprint density at radius 1 is 1.80 bits per heavy atom. The average Bonchev–Trinajstić information content (AvgIpc) is 2.30. The van der Waals surface area contributed by atoms with E-state index in [4.69, 9.17) is 5.84 Å². The number of nitrogen functional groups attached to an aromatic ring is 1. The molecule has 0 unspecified atom stereocenters. The summed E-state index contributed by atoms with van der Waals surface area (Å²) in [6, 6.07) is 1.91. The zero-order chi connectivity index (χ0) is 7.56. The van der Waals surface area contributed by atoms with Crippen LogP contribution in [0, 0.1) is 6.92 Å². The summed E-state index contributed by atoms with van der Waals surface area (Å²) in [6.45, 7) is 4.80. The molecule has 1 heterocycles. The minimum Gasteiger partial charge on any atom is -0.309 e. The van der Waals surface area contributed by atoms with Gasteiger partial charge >= 0.3 is 0 Å². The van der Waals surface area contributed by atoms with E-state index in [-0.39, 0.29) is 0 Å². The molecule has 3 N–H and O–H groups in total. The number of aryl methyl sites for hydroxylation is 2. The Hall–Kier alpha value is -1.03. The molecule has 0 atom stereocenters. The lowest BCUT2D eigenvalue weighted by molar-refractivity contribution is 0.659. The van der Waals surface area contributed by atoms with E-state index in [0.29, 0.717) is 0 Å². The van der Waals surface area contributed by atoms with Crippen LogP contribution in [-0.2, 0) is 6.54 Å². The number of nitrogens with one attached hydrogen (secondary N) is 1. The molecule has 10 heavy (non-hydrogen) atoms. The maximum Gasteiger partial charge on any atom is 0.138 e. The van der Waals surface area contributed by atoms with E-state index < -0.39 is 0 Å². The molecule has 0 aromatic carbocycles. The first kappa shape index (κ1) is 7.08. The van der Waals surface area contributed by atoms with E-state index in [1.807, 2.05) is 24.6 Å². The SMILES string of the molecule is CCn1nc(C)cc1NN. The summed E-state index contributed by atoms with van der Waals surface area (Å²) in [5, 5.41) is 4.17. The van der Waals surface area contributed by atoms with E-state index in [1.165, 1.54) is 0 Å². The Bertz CT molecular complexity index is 194. The molecule has 0 saturated heterocycles. The molecule has 0 fully saturated rings. The van der Waals surface area contributed by atoms with Gasteiger partial charge < -0.3 is 5.43 Å². The summed E-state index contributed by atoms with van der Waals surface area (Å²) >= 11 is 0. The number of hydrazine groups is 1. The van der Waals surface area contributed by atoms with Crippen LogP contribution in [0.3, 0.4) is 0 Å². The molecular formula is C6H12N4. The summed E-state index contributed by atoms with van der Waals surface area (Å²) in [7, 11) is 0. The number of anilines is 1. The summed E-state index contributed by atoms with van der Waals surface area (Å²) in [4.78, 5) is 0. The molecule has 1 rings (SSSR count). The predicted molar refractivity (Wildman–Crippen MR) is 40.4 cm³/mol. The molecule has 0 bridgehead atoms. The Morgan fingerprint density at radius 3 is 2.90 bits per heavy atom. The van der Waals surface area contributed by atoms with Crippen LogP contribution in [0.2, 0.25) is 0 Å². The van der Waals surface area contributed by atoms with Crippen LogP contribution in [0.4, 0.5) is 5.82 Å². The molecule has 0 aliphatic rings. The lowest BCUT2D eigenvalue weighted by Crippen LogP contribution is -2.12. The Labute approximate surface area is 60.0 Å². The van der Waals surface area contributed by atoms with Crippen molar-refractivity contribution < 1.29 is 0 Å². The molecular weight excluding hydrogens is 128 g/mol. The number of rotatable bonds is 2. The van der Waals surface area contributed by atoms with Crippen LogP contribution in [0.1, 0.15) is 12.6 Å². The minimum atomic E-state index is 0.841. The van der Waals surface area contributed by atoms with Crippen LogP contribution < -0.4 is 11.3 Å². The second-order valence-electron chi connectivity index (χ2n) is 2.13. The quantitative estimate of drug-likeness (QED) is 0.464. The Balaban J connectivity index is 2.96. The number of nitrogens with two attached hydrogens (primary N) is 1. The van der Waals surface area contributed by atoms with Gasteiger partial charge in [0.15, 0.2) is 0 Å². The van der Waals surface area contributed by atoms with Gasteiger partial charge in [-0.05, 0) is 13.8 Å². The highest BCUT2D eigenvalue weighted by molar-refractivity contribution is 5.34. The highest BCUT2D eigenvalue weighted by Gasteiger charge is 1.99. The maximum absolute atomic E-state index is 5.23. The van der Waals surface area contributed by atoms with Crippen molar-refractivity contribution in [3.63, 3.8) is 0 Å². The fourth-order valence-electron chi connectivity index (χ4n) is 0.903. The summed E-state index contributed by atoms with van der Waals surface area (Å²) in [6.07, 6.45) is 0. The Morgan fingerprint density at radius 2 is 2.50 bits per heavy atom. The monoisotopic (exact) mass is 140 g/mol. The molecule has 0 radical (unpaired) electrons. The molecule has 1 aromatic heterocycles. The molecule has 0 saturated carbocycles. The van der Waals surface area contributed by atoms with Crippen molar-refractivity contribution >= 4 is 5.82 Å². The first-order valence-corrected chi connectivity index (χ1v) is 3.29. The molecule has 0 amide bonds. The van der Waals surface area contributed by atoms with Crippen molar-refractivity contribution in [2.45, 2.75) is 20.4 Å². The van der Waals surface area contributed by atoms with Crippen LogP contribution in [0.15, 0.2) is 6.07 Å². The second kappa shape index (κ2) is 2.70. The van der Waals surface area contributed by atoms with Gasteiger partial charge in [0.1, 0.15) is 5.82 Å². The van der Waals surface area contributed by atoms with Gasteiger partial charge in [0.05, 0.1) is 5.69 Å². The van der Waals surface area contributed by atoms with Crippen molar-refractivity contribution in [3.05, 3.63) is 11.8 Å². The first-order chi connectivity index (χ1) is 4.77. The van der Waals surface area contributed by atoms with Crippen molar-refractivity contribution in [2.24, 2.45) is 5.84 Å². The molecule has 4 nitrogen and oxygen atoms in total. The van der Waals surface area contributed by atoms with Crippen LogP contribution >= 0.6 is 0 Å². The zero-order valence-corrected chi connectivity index (χ0v) is 6.26. The second-order valence-corrected chi connectivity index (χ2v) is 2.13. The van der Waals surface area contributed by atoms with Gasteiger partial charge in [-0.2, -0.15) is 5.10 Å². The van der Waals surface area contributed by atoms with E-state index >= 15 is 0 Å². The highest BCUT2D eigenvalue weighted by atomic mass is 15.4. The third-order valence-electron chi connectivity index (χ3n) is 1.35. The fraction of sp³-hybridized carbons (Fsp3) is 0.500. The van der Waals surface area contributed by atoms with Crippen LogP contribution in [-0.4, -0.2) is 9.78 Å². The Kier molecular flexibility index (Phi) is 1.91. The highest BCUT2D eigenvalue weighted by Crippen LogP contribution is 2.06. The number of hydrogen-bond acceptors (Lipinski definition) is 3. The lowest BCUT2D eigenvalue weighted by atomic mass is 10.5. The number of nitrogens with zero attached hydrogens (tertiary/aromatic N) is 2. The summed E-state index contributed by atoms with van der Waals surface area (Å²) in [5.41, 5.74) is 3.55. The molecule has 56 valence electrons. The fourth-order valence-corrected chi connectivity index (χ4v) is 0.903. The standard InChI is InChI=1S/C6H12N4/c1-3-10-6(8-7)4-5(2)9-10/h4,8H,3,7H2,1-2H3. The van der Waals surface area contributed by atoms with E-state index in [0.717, 1.165) is 18.1 Å². The van der Waals surface area contributed by atoms with E-state index in [1.54, 1.807) is 0 Å². The smallest absolute Gasteiger partial charge is 0.138 e. The van der Waals surface area contributed by atoms with Gasteiger partial charge in [-0.1, -0.05) is 0 Å². The third kappa shape index (κ3) is 1.11. The molecule has 0 aliphatic carbocycles. The third-order valence-corrected chi connectivity index (χ3v) is 1.35. The largest absolute Gasteiger partial charge is 0.309 e. The van der Waals surface area contributed by atoms with E-state index in [2.05, 4.69) is 10.5 Å². The summed E-state index contributed by atoms with van der Waals surface area (Å²) in [5.74, 6) is 6.09. The van der Waals surface area contributed by atoms with Crippen molar-refractivity contribution in [2.75, 3.05) is 5.43 Å². The topological polar surface area (TPSA) is 55.9 Å². The number of aromatic nitrogens is 2.